The molecule has 0 bridgehead atoms. The third kappa shape index (κ3) is 1.78. The van der Waals surface area contributed by atoms with E-state index in [9.17, 15) is 4.79 Å². The molecule has 1 atom stereocenters. The van der Waals surface area contributed by atoms with Crippen LogP contribution < -0.4 is 0 Å². The molecular formula is C6H9O2. The van der Waals surface area contributed by atoms with E-state index in [1.165, 1.54) is 6.08 Å². The third-order valence-corrected chi connectivity index (χ3v) is 0.898. The second kappa shape index (κ2) is 3.24. The SMILES string of the molecule is C=CC([CH]C)C(=O)O. The van der Waals surface area contributed by atoms with E-state index in [0.29, 0.717) is 0 Å². The predicted octanol–water partition coefficient (Wildman–Crippen LogP) is 1.10. The maximum atomic E-state index is 10.1. The summed E-state index contributed by atoms with van der Waals surface area (Å²) in [5, 5.41) is 8.27. The van der Waals surface area contributed by atoms with Gasteiger partial charge in [-0.2, -0.15) is 0 Å². The third-order valence-electron chi connectivity index (χ3n) is 0.898. The maximum Gasteiger partial charge on any atom is 0.310 e. The minimum Gasteiger partial charge on any atom is -0.481 e. The van der Waals surface area contributed by atoms with Crippen LogP contribution in [0.25, 0.3) is 0 Å². The summed E-state index contributed by atoms with van der Waals surface area (Å²) in [6.45, 7) is 5.04. The van der Waals surface area contributed by atoms with Crippen molar-refractivity contribution in [2.75, 3.05) is 0 Å². The minimum atomic E-state index is -0.845. The molecule has 8 heavy (non-hydrogen) atoms. The van der Waals surface area contributed by atoms with Crippen molar-refractivity contribution in [2.24, 2.45) is 5.92 Å². The lowest BCUT2D eigenvalue weighted by molar-refractivity contribution is -0.139. The lowest BCUT2D eigenvalue weighted by Gasteiger charge is -1.98. The topological polar surface area (TPSA) is 37.3 Å². The molecule has 0 aliphatic heterocycles. The van der Waals surface area contributed by atoms with Crippen molar-refractivity contribution in [3.05, 3.63) is 19.1 Å². The Kier molecular flexibility index (Phi) is 2.92. The molecule has 45 valence electrons. The van der Waals surface area contributed by atoms with E-state index >= 15 is 0 Å². The Hall–Kier alpha value is -0.790. The molecular weight excluding hydrogens is 104 g/mol. The molecule has 0 aliphatic carbocycles. The van der Waals surface area contributed by atoms with Crippen LogP contribution in [0.2, 0.25) is 0 Å². The number of hydrogen-bond acceptors (Lipinski definition) is 1. The Labute approximate surface area is 48.8 Å². The molecule has 0 aliphatic rings. The van der Waals surface area contributed by atoms with Gasteiger partial charge in [-0.3, -0.25) is 4.79 Å². The zero-order valence-electron chi connectivity index (χ0n) is 4.79. The first-order valence-corrected chi connectivity index (χ1v) is 2.37. The second-order valence-corrected chi connectivity index (χ2v) is 1.43. The minimum absolute atomic E-state index is 0.491. The quantitative estimate of drug-likeness (QED) is 0.556. The highest BCUT2D eigenvalue weighted by Crippen LogP contribution is 2.00. The standard InChI is InChI=1S/C6H9O2/c1-3-5(4-2)6(7)8/h3-5H,1H2,2H3,(H,7,8). The first kappa shape index (κ1) is 7.21. The molecule has 0 rings (SSSR count). The van der Waals surface area contributed by atoms with Crippen molar-refractivity contribution in [3.63, 3.8) is 0 Å². The monoisotopic (exact) mass is 113 g/mol. The maximum absolute atomic E-state index is 10.1. The first-order chi connectivity index (χ1) is 3.72. The van der Waals surface area contributed by atoms with Crippen molar-refractivity contribution in [1.82, 2.24) is 0 Å². The molecule has 1 unspecified atom stereocenters. The normalized spacial score (nSPS) is 12.6. The Bertz CT molecular complexity index is 96.7. The highest BCUT2D eigenvalue weighted by atomic mass is 16.4. The Balaban J connectivity index is 3.69. The smallest absolute Gasteiger partial charge is 0.310 e. The van der Waals surface area contributed by atoms with E-state index in [1.807, 2.05) is 0 Å². The second-order valence-electron chi connectivity index (χ2n) is 1.43. The number of hydrogen-bond donors (Lipinski definition) is 1. The molecule has 0 saturated heterocycles. The molecule has 0 fully saturated rings. The Morgan fingerprint density at radius 3 is 2.38 bits per heavy atom. The van der Waals surface area contributed by atoms with Crippen LogP contribution in [0.3, 0.4) is 0 Å². The summed E-state index contributed by atoms with van der Waals surface area (Å²) < 4.78 is 0. The van der Waals surface area contributed by atoms with E-state index in [4.69, 9.17) is 5.11 Å². The molecule has 0 amide bonds. The van der Waals surface area contributed by atoms with Crippen molar-refractivity contribution >= 4 is 5.97 Å². The van der Waals surface area contributed by atoms with Gasteiger partial charge in [0.15, 0.2) is 0 Å². The van der Waals surface area contributed by atoms with E-state index in [-0.39, 0.29) is 0 Å². The summed E-state index contributed by atoms with van der Waals surface area (Å²) in [6, 6.07) is 0. The van der Waals surface area contributed by atoms with Gasteiger partial charge in [0.25, 0.3) is 0 Å². The van der Waals surface area contributed by atoms with Crippen LogP contribution in [-0.4, -0.2) is 11.1 Å². The highest BCUT2D eigenvalue weighted by Gasteiger charge is 2.08. The Morgan fingerprint density at radius 2 is 2.38 bits per heavy atom. The summed E-state index contributed by atoms with van der Waals surface area (Å²) >= 11 is 0. The number of rotatable bonds is 3. The fraction of sp³-hybridized carbons (Fsp3) is 0.333. The van der Waals surface area contributed by atoms with Gasteiger partial charge in [0.2, 0.25) is 0 Å². The first-order valence-electron chi connectivity index (χ1n) is 2.37. The number of aliphatic carboxylic acids is 1. The molecule has 0 saturated carbocycles. The van der Waals surface area contributed by atoms with E-state index in [1.54, 1.807) is 13.3 Å². The van der Waals surface area contributed by atoms with E-state index < -0.39 is 11.9 Å². The molecule has 0 heterocycles. The average molecular weight is 113 g/mol. The van der Waals surface area contributed by atoms with Gasteiger partial charge in [-0.25, -0.2) is 0 Å². The summed E-state index contributed by atoms with van der Waals surface area (Å²) in [5.41, 5.74) is 0. The average Bonchev–Trinajstić information content (AvgIpc) is 1.69. The van der Waals surface area contributed by atoms with Crippen LogP contribution in [0, 0.1) is 12.3 Å². The van der Waals surface area contributed by atoms with Crippen molar-refractivity contribution in [3.8, 4) is 0 Å². The molecule has 2 nitrogen and oxygen atoms in total. The van der Waals surface area contributed by atoms with Crippen LogP contribution in [0.5, 0.6) is 0 Å². The van der Waals surface area contributed by atoms with E-state index in [0.717, 1.165) is 0 Å². The molecule has 0 aromatic heterocycles. The molecule has 2 heteroatoms. The zero-order chi connectivity index (χ0) is 6.57. The molecule has 0 aromatic rings. The van der Waals surface area contributed by atoms with Crippen LogP contribution in [0.15, 0.2) is 12.7 Å². The molecule has 1 radical (unpaired) electrons. The van der Waals surface area contributed by atoms with Crippen molar-refractivity contribution < 1.29 is 9.90 Å². The summed E-state index contributed by atoms with van der Waals surface area (Å²) in [7, 11) is 0. The molecule has 0 spiro atoms. The van der Waals surface area contributed by atoms with Crippen LogP contribution in [0.1, 0.15) is 6.92 Å². The van der Waals surface area contributed by atoms with Gasteiger partial charge in [0, 0.05) is 0 Å². The molecule has 0 aromatic carbocycles. The number of carboxylic acid groups (broad SMARTS) is 1. The van der Waals surface area contributed by atoms with Gasteiger partial charge in [0.05, 0.1) is 5.92 Å². The summed E-state index contributed by atoms with van der Waals surface area (Å²) in [6.07, 6.45) is 2.97. The van der Waals surface area contributed by atoms with Crippen LogP contribution in [-0.2, 0) is 4.79 Å². The van der Waals surface area contributed by atoms with Gasteiger partial charge in [-0.15, -0.1) is 6.58 Å². The highest BCUT2D eigenvalue weighted by molar-refractivity contribution is 5.73. The van der Waals surface area contributed by atoms with E-state index in [2.05, 4.69) is 6.58 Å². The Morgan fingerprint density at radius 1 is 1.88 bits per heavy atom. The summed E-state index contributed by atoms with van der Waals surface area (Å²) in [4.78, 5) is 10.1. The lowest BCUT2D eigenvalue weighted by Crippen LogP contribution is -2.08. The van der Waals surface area contributed by atoms with Gasteiger partial charge in [0.1, 0.15) is 0 Å². The lowest BCUT2D eigenvalue weighted by atomic mass is 10.1. The number of carbonyl (C=O) groups is 1. The fourth-order valence-corrected chi connectivity index (χ4v) is 0.379. The zero-order valence-corrected chi connectivity index (χ0v) is 4.79. The van der Waals surface area contributed by atoms with Gasteiger partial charge in [-0.1, -0.05) is 13.0 Å². The van der Waals surface area contributed by atoms with Crippen LogP contribution in [0.4, 0.5) is 0 Å². The molecule has 1 N–H and O–H groups in total. The fourth-order valence-electron chi connectivity index (χ4n) is 0.379. The largest absolute Gasteiger partial charge is 0.481 e. The van der Waals surface area contributed by atoms with Crippen molar-refractivity contribution in [1.29, 1.82) is 0 Å². The summed E-state index contributed by atoms with van der Waals surface area (Å²) in [5.74, 6) is -1.34. The predicted molar refractivity (Wildman–Crippen MR) is 31.3 cm³/mol. The number of carboxylic acids is 1. The van der Waals surface area contributed by atoms with Gasteiger partial charge < -0.3 is 5.11 Å². The van der Waals surface area contributed by atoms with Gasteiger partial charge >= 0.3 is 5.97 Å². The van der Waals surface area contributed by atoms with Crippen LogP contribution >= 0.6 is 0 Å². The van der Waals surface area contributed by atoms with Crippen molar-refractivity contribution in [2.45, 2.75) is 6.92 Å². The van der Waals surface area contributed by atoms with Gasteiger partial charge in [-0.05, 0) is 6.42 Å².